The molecule has 2 heterocycles. The molecule has 6 heteroatoms. The molecule has 1 saturated heterocycles. The molecule has 4 nitrogen and oxygen atoms in total. The second-order valence-electron chi connectivity index (χ2n) is 3.49. The molecule has 1 aromatic rings. The smallest absolute Gasteiger partial charge is 0.190 e. The lowest BCUT2D eigenvalue weighted by Gasteiger charge is -2.20. The summed E-state index contributed by atoms with van der Waals surface area (Å²) in [5.41, 5.74) is 0. The van der Waals surface area contributed by atoms with Crippen molar-refractivity contribution in [2.75, 3.05) is 37.5 Å². The highest BCUT2D eigenvalue weighted by Gasteiger charge is 2.13. The minimum absolute atomic E-state index is 0.500. The van der Waals surface area contributed by atoms with Crippen LogP contribution in [0.5, 0.6) is 0 Å². The van der Waals surface area contributed by atoms with Crippen LogP contribution in [0.15, 0.2) is 11.2 Å². The number of aromatic nitrogens is 2. The van der Waals surface area contributed by atoms with Crippen molar-refractivity contribution < 1.29 is 4.74 Å². The topological polar surface area (TPSA) is 38.2 Å². The van der Waals surface area contributed by atoms with E-state index in [0.717, 1.165) is 38.5 Å². The highest BCUT2D eigenvalue weighted by Crippen LogP contribution is 2.21. The maximum absolute atomic E-state index is 5.97. The molecule has 1 aromatic heterocycles. The van der Waals surface area contributed by atoms with E-state index < -0.39 is 0 Å². The first-order chi connectivity index (χ1) is 7.79. The Morgan fingerprint density at radius 1 is 1.38 bits per heavy atom. The summed E-state index contributed by atoms with van der Waals surface area (Å²) in [6.07, 6.45) is 2.97. The maximum atomic E-state index is 5.97. The van der Waals surface area contributed by atoms with Crippen molar-refractivity contribution in [3.05, 3.63) is 11.2 Å². The van der Waals surface area contributed by atoms with Crippen LogP contribution in [0.3, 0.4) is 0 Å². The minimum atomic E-state index is 0.500. The SMILES string of the molecule is CSc1nc(Cl)cc(N2CCCOCC2)n1. The molecule has 1 aliphatic heterocycles. The van der Waals surface area contributed by atoms with Crippen molar-refractivity contribution in [1.82, 2.24) is 9.97 Å². The van der Waals surface area contributed by atoms with Crippen LogP contribution in [-0.4, -0.2) is 42.5 Å². The third-order valence-corrected chi connectivity index (χ3v) is 3.13. The summed E-state index contributed by atoms with van der Waals surface area (Å²) in [5, 5.41) is 1.21. The Morgan fingerprint density at radius 2 is 2.25 bits per heavy atom. The van der Waals surface area contributed by atoms with Gasteiger partial charge in [-0.2, -0.15) is 0 Å². The Kier molecular flexibility index (Phi) is 4.26. The summed E-state index contributed by atoms with van der Waals surface area (Å²) >= 11 is 7.47. The Bertz CT molecular complexity index is 356. The third kappa shape index (κ3) is 2.99. The van der Waals surface area contributed by atoms with Crippen LogP contribution in [-0.2, 0) is 4.74 Å². The van der Waals surface area contributed by atoms with E-state index in [2.05, 4.69) is 14.9 Å². The summed E-state index contributed by atoms with van der Waals surface area (Å²) in [7, 11) is 0. The van der Waals surface area contributed by atoms with E-state index in [-0.39, 0.29) is 0 Å². The van der Waals surface area contributed by atoms with Crippen molar-refractivity contribution in [3.8, 4) is 0 Å². The number of thioether (sulfide) groups is 1. The molecule has 1 fully saturated rings. The third-order valence-electron chi connectivity index (χ3n) is 2.39. The molecule has 2 rings (SSSR count). The molecule has 0 amide bonds. The lowest BCUT2D eigenvalue weighted by Crippen LogP contribution is -2.27. The molecule has 0 saturated carbocycles. The van der Waals surface area contributed by atoms with Gasteiger partial charge in [0.25, 0.3) is 0 Å². The number of halogens is 1. The van der Waals surface area contributed by atoms with Crippen LogP contribution in [0.25, 0.3) is 0 Å². The van der Waals surface area contributed by atoms with Gasteiger partial charge >= 0.3 is 0 Å². The van der Waals surface area contributed by atoms with Crippen LogP contribution >= 0.6 is 23.4 Å². The number of ether oxygens (including phenoxy) is 1. The lowest BCUT2D eigenvalue weighted by molar-refractivity contribution is 0.152. The molecule has 0 spiro atoms. The fraction of sp³-hybridized carbons (Fsp3) is 0.600. The van der Waals surface area contributed by atoms with E-state index in [0.29, 0.717) is 10.3 Å². The number of nitrogens with zero attached hydrogens (tertiary/aromatic N) is 3. The van der Waals surface area contributed by atoms with E-state index in [1.165, 1.54) is 11.8 Å². The van der Waals surface area contributed by atoms with Gasteiger partial charge in [0.05, 0.1) is 6.61 Å². The number of hydrogen-bond acceptors (Lipinski definition) is 5. The fourth-order valence-corrected chi connectivity index (χ4v) is 2.22. The van der Waals surface area contributed by atoms with E-state index >= 15 is 0 Å². The minimum Gasteiger partial charge on any atom is -0.380 e. The average Bonchev–Trinajstić information content (AvgIpc) is 2.56. The van der Waals surface area contributed by atoms with E-state index in [1.54, 1.807) is 0 Å². The molecular formula is C10H14ClN3OS. The van der Waals surface area contributed by atoms with Gasteiger partial charge in [0, 0.05) is 25.8 Å². The van der Waals surface area contributed by atoms with Crippen molar-refractivity contribution >= 4 is 29.2 Å². The molecule has 0 atom stereocenters. The first-order valence-corrected chi connectivity index (χ1v) is 6.81. The van der Waals surface area contributed by atoms with Crippen LogP contribution in [0.1, 0.15) is 6.42 Å². The number of anilines is 1. The van der Waals surface area contributed by atoms with E-state index in [4.69, 9.17) is 16.3 Å². The van der Waals surface area contributed by atoms with Gasteiger partial charge in [-0.1, -0.05) is 23.4 Å². The quantitative estimate of drug-likeness (QED) is 0.462. The second kappa shape index (κ2) is 5.70. The Hall–Kier alpha value is -0.520. The zero-order valence-electron chi connectivity index (χ0n) is 9.15. The van der Waals surface area contributed by atoms with Crippen LogP contribution in [0.2, 0.25) is 5.15 Å². The molecule has 1 aliphatic rings. The fourth-order valence-electron chi connectivity index (χ4n) is 1.61. The molecule has 16 heavy (non-hydrogen) atoms. The molecule has 0 bridgehead atoms. The van der Waals surface area contributed by atoms with Gasteiger partial charge < -0.3 is 9.64 Å². The predicted molar refractivity (Wildman–Crippen MR) is 66.5 cm³/mol. The highest BCUT2D eigenvalue weighted by atomic mass is 35.5. The molecule has 0 aliphatic carbocycles. The normalized spacial score (nSPS) is 17.2. The van der Waals surface area contributed by atoms with E-state index in [1.807, 2.05) is 12.3 Å². The van der Waals surface area contributed by atoms with Gasteiger partial charge in [0.1, 0.15) is 11.0 Å². The predicted octanol–water partition coefficient (Wildman–Crippen LogP) is 2.08. The summed E-state index contributed by atoms with van der Waals surface area (Å²) in [6, 6.07) is 1.81. The van der Waals surface area contributed by atoms with Gasteiger partial charge in [0.2, 0.25) is 0 Å². The van der Waals surface area contributed by atoms with Crippen molar-refractivity contribution in [2.45, 2.75) is 11.6 Å². The van der Waals surface area contributed by atoms with Crippen molar-refractivity contribution in [1.29, 1.82) is 0 Å². The Labute approximate surface area is 104 Å². The zero-order chi connectivity index (χ0) is 11.4. The molecule has 0 N–H and O–H groups in total. The first-order valence-electron chi connectivity index (χ1n) is 5.21. The first kappa shape index (κ1) is 12.0. The van der Waals surface area contributed by atoms with Gasteiger partial charge in [-0.05, 0) is 12.7 Å². The summed E-state index contributed by atoms with van der Waals surface area (Å²) < 4.78 is 5.41. The summed E-state index contributed by atoms with van der Waals surface area (Å²) in [6.45, 7) is 3.39. The summed E-state index contributed by atoms with van der Waals surface area (Å²) in [4.78, 5) is 10.8. The summed E-state index contributed by atoms with van der Waals surface area (Å²) in [5.74, 6) is 0.898. The zero-order valence-corrected chi connectivity index (χ0v) is 10.7. The van der Waals surface area contributed by atoms with Gasteiger partial charge in [-0.3, -0.25) is 0 Å². The van der Waals surface area contributed by atoms with Crippen molar-refractivity contribution in [2.24, 2.45) is 0 Å². The number of rotatable bonds is 2. The molecule has 0 radical (unpaired) electrons. The van der Waals surface area contributed by atoms with Crippen LogP contribution in [0, 0.1) is 0 Å². The van der Waals surface area contributed by atoms with Gasteiger partial charge in [0.15, 0.2) is 5.16 Å². The van der Waals surface area contributed by atoms with E-state index in [9.17, 15) is 0 Å². The lowest BCUT2D eigenvalue weighted by atomic mass is 10.4. The van der Waals surface area contributed by atoms with Crippen molar-refractivity contribution in [3.63, 3.8) is 0 Å². The standard InChI is InChI=1S/C10H14ClN3OS/c1-16-10-12-8(11)7-9(13-10)14-3-2-5-15-6-4-14/h7H,2-6H2,1H3. The molecule has 0 aromatic carbocycles. The van der Waals surface area contributed by atoms with Crippen LogP contribution in [0.4, 0.5) is 5.82 Å². The maximum Gasteiger partial charge on any atom is 0.190 e. The monoisotopic (exact) mass is 259 g/mol. The molecular weight excluding hydrogens is 246 g/mol. The Balaban J connectivity index is 2.20. The molecule has 88 valence electrons. The second-order valence-corrected chi connectivity index (χ2v) is 4.65. The molecule has 0 unspecified atom stereocenters. The van der Waals surface area contributed by atoms with Crippen LogP contribution < -0.4 is 4.90 Å². The average molecular weight is 260 g/mol. The largest absolute Gasteiger partial charge is 0.380 e. The highest BCUT2D eigenvalue weighted by molar-refractivity contribution is 7.98. The Morgan fingerprint density at radius 3 is 3.06 bits per heavy atom. The van der Waals surface area contributed by atoms with Gasteiger partial charge in [-0.15, -0.1) is 0 Å². The van der Waals surface area contributed by atoms with Gasteiger partial charge in [-0.25, -0.2) is 9.97 Å². The number of hydrogen-bond donors (Lipinski definition) is 0.